The lowest BCUT2D eigenvalue weighted by molar-refractivity contribution is 0.323. The Kier molecular flexibility index (Phi) is 4.21. The van der Waals surface area contributed by atoms with Crippen molar-refractivity contribution in [1.29, 1.82) is 0 Å². The molecule has 0 saturated heterocycles. The van der Waals surface area contributed by atoms with Crippen LogP contribution in [0.15, 0.2) is 12.4 Å². The summed E-state index contributed by atoms with van der Waals surface area (Å²) in [5, 5.41) is 3.77. The van der Waals surface area contributed by atoms with E-state index < -0.39 is 0 Å². The molecule has 0 radical (unpaired) electrons. The molecule has 0 amide bonds. The molecule has 1 heterocycles. The van der Waals surface area contributed by atoms with Gasteiger partial charge in [0.2, 0.25) is 0 Å². The predicted octanol–water partition coefficient (Wildman–Crippen LogP) is 3.04. The minimum absolute atomic E-state index is 0.348. The number of hydrogen-bond donors (Lipinski definition) is 1. The van der Waals surface area contributed by atoms with E-state index in [2.05, 4.69) is 35.8 Å². The van der Waals surface area contributed by atoms with Gasteiger partial charge in [0.05, 0.1) is 6.04 Å². The zero-order valence-corrected chi connectivity index (χ0v) is 11.3. The van der Waals surface area contributed by atoms with Crippen LogP contribution in [-0.2, 0) is 7.05 Å². The summed E-state index contributed by atoms with van der Waals surface area (Å²) in [6.07, 6.45) is 10.7. The van der Waals surface area contributed by atoms with Crippen molar-refractivity contribution in [3.63, 3.8) is 0 Å². The molecule has 3 atom stereocenters. The van der Waals surface area contributed by atoms with E-state index in [0.717, 1.165) is 11.7 Å². The molecule has 1 aliphatic rings. The SMILES string of the molecule is CC(NC1CCCCCC1C)c1nccn1C. The summed E-state index contributed by atoms with van der Waals surface area (Å²) in [7, 11) is 2.07. The Bertz CT molecular complexity index is 345. The molecule has 0 aliphatic heterocycles. The van der Waals surface area contributed by atoms with E-state index in [4.69, 9.17) is 0 Å². The van der Waals surface area contributed by atoms with Crippen molar-refractivity contribution in [2.24, 2.45) is 13.0 Å². The van der Waals surface area contributed by atoms with Gasteiger partial charge in [-0.1, -0.05) is 26.2 Å². The molecule has 0 bridgehead atoms. The van der Waals surface area contributed by atoms with Crippen LogP contribution >= 0.6 is 0 Å². The van der Waals surface area contributed by atoms with Crippen LogP contribution < -0.4 is 5.32 Å². The number of aryl methyl sites for hydroxylation is 1. The number of nitrogens with one attached hydrogen (secondary N) is 1. The first-order valence-corrected chi connectivity index (χ1v) is 6.91. The van der Waals surface area contributed by atoms with Gasteiger partial charge >= 0.3 is 0 Å². The molecule has 1 aliphatic carbocycles. The van der Waals surface area contributed by atoms with E-state index in [1.165, 1.54) is 32.1 Å². The first-order chi connectivity index (χ1) is 8.18. The van der Waals surface area contributed by atoms with Crippen molar-refractivity contribution >= 4 is 0 Å². The van der Waals surface area contributed by atoms with Crippen LogP contribution in [0.4, 0.5) is 0 Å². The summed E-state index contributed by atoms with van der Waals surface area (Å²) in [6.45, 7) is 4.61. The predicted molar refractivity (Wildman–Crippen MR) is 70.8 cm³/mol. The Labute approximate surface area is 105 Å². The normalized spacial score (nSPS) is 27.7. The maximum absolute atomic E-state index is 4.43. The highest BCUT2D eigenvalue weighted by molar-refractivity contribution is 4.98. The first kappa shape index (κ1) is 12.6. The number of rotatable bonds is 3. The molecule has 3 nitrogen and oxygen atoms in total. The highest BCUT2D eigenvalue weighted by atomic mass is 15.1. The van der Waals surface area contributed by atoms with E-state index >= 15 is 0 Å². The average Bonchev–Trinajstić information content (AvgIpc) is 2.63. The molecule has 1 N–H and O–H groups in total. The smallest absolute Gasteiger partial charge is 0.125 e. The second kappa shape index (κ2) is 5.67. The summed E-state index contributed by atoms with van der Waals surface area (Å²) >= 11 is 0. The van der Waals surface area contributed by atoms with Crippen molar-refractivity contribution in [3.8, 4) is 0 Å². The molecular weight excluding hydrogens is 210 g/mol. The van der Waals surface area contributed by atoms with Gasteiger partial charge in [0, 0.05) is 25.5 Å². The van der Waals surface area contributed by atoms with Crippen LogP contribution in [0, 0.1) is 5.92 Å². The largest absolute Gasteiger partial charge is 0.337 e. The number of hydrogen-bond acceptors (Lipinski definition) is 2. The van der Waals surface area contributed by atoms with Gasteiger partial charge in [0.1, 0.15) is 5.82 Å². The third-order valence-electron chi connectivity index (χ3n) is 4.07. The van der Waals surface area contributed by atoms with Crippen LogP contribution in [-0.4, -0.2) is 15.6 Å². The summed E-state index contributed by atoms with van der Waals surface area (Å²) in [6, 6.07) is 1.00. The second-order valence-electron chi connectivity index (χ2n) is 5.51. The van der Waals surface area contributed by atoms with Gasteiger partial charge in [-0.2, -0.15) is 0 Å². The molecule has 1 aromatic heterocycles. The number of aromatic nitrogens is 2. The molecule has 0 aromatic carbocycles. The van der Waals surface area contributed by atoms with E-state index in [-0.39, 0.29) is 0 Å². The highest BCUT2D eigenvalue weighted by Crippen LogP contribution is 2.25. The molecule has 2 rings (SSSR count). The molecule has 1 fully saturated rings. The first-order valence-electron chi connectivity index (χ1n) is 6.91. The maximum atomic E-state index is 4.43. The van der Waals surface area contributed by atoms with E-state index in [0.29, 0.717) is 12.1 Å². The van der Waals surface area contributed by atoms with Gasteiger partial charge in [-0.25, -0.2) is 4.98 Å². The molecule has 17 heavy (non-hydrogen) atoms. The highest BCUT2D eigenvalue weighted by Gasteiger charge is 2.22. The fourth-order valence-electron chi connectivity index (χ4n) is 2.93. The van der Waals surface area contributed by atoms with Gasteiger partial charge in [-0.15, -0.1) is 0 Å². The number of imidazole rings is 1. The molecule has 3 heteroatoms. The lowest BCUT2D eigenvalue weighted by Gasteiger charge is -2.26. The quantitative estimate of drug-likeness (QED) is 0.816. The van der Waals surface area contributed by atoms with Crippen LogP contribution in [0.5, 0.6) is 0 Å². The summed E-state index contributed by atoms with van der Waals surface area (Å²) < 4.78 is 2.11. The monoisotopic (exact) mass is 235 g/mol. The summed E-state index contributed by atoms with van der Waals surface area (Å²) in [5.74, 6) is 1.93. The topological polar surface area (TPSA) is 29.9 Å². The molecule has 96 valence electrons. The van der Waals surface area contributed by atoms with Crippen LogP contribution in [0.3, 0.4) is 0 Å². The van der Waals surface area contributed by atoms with E-state index in [9.17, 15) is 0 Å². The number of nitrogens with zero attached hydrogens (tertiary/aromatic N) is 2. The van der Waals surface area contributed by atoms with Crippen molar-refractivity contribution in [2.75, 3.05) is 0 Å². The molecule has 0 spiro atoms. The van der Waals surface area contributed by atoms with Crippen LogP contribution in [0.2, 0.25) is 0 Å². The fraction of sp³-hybridized carbons (Fsp3) is 0.786. The van der Waals surface area contributed by atoms with Gasteiger partial charge in [0.25, 0.3) is 0 Å². The minimum atomic E-state index is 0.348. The van der Waals surface area contributed by atoms with Gasteiger partial charge in [0.15, 0.2) is 0 Å². The molecule has 1 saturated carbocycles. The Morgan fingerprint density at radius 2 is 2.12 bits per heavy atom. The molecular formula is C14H25N3. The Morgan fingerprint density at radius 1 is 1.35 bits per heavy atom. The van der Waals surface area contributed by atoms with Gasteiger partial charge in [-0.05, 0) is 25.7 Å². The zero-order valence-electron chi connectivity index (χ0n) is 11.3. The Hall–Kier alpha value is -0.830. The van der Waals surface area contributed by atoms with Crippen LogP contribution in [0.1, 0.15) is 57.8 Å². The summed E-state index contributed by atoms with van der Waals surface area (Å²) in [5.41, 5.74) is 0. The maximum Gasteiger partial charge on any atom is 0.125 e. The van der Waals surface area contributed by atoms with Crippen molar-refractivity contribution < 1.29 is 0 Å². The van der Waals surface area contributed by atoms with Crippen LogP contribution in [0.25, 0.3) is 0 Å². The van der Waals surface area contributed by atoms with Crippen molar-refractivity contribution in [3.05, 3.63) is 18.2 Å². The lowest BCUT2D eigenvalue weighted by Crippen LogP contribution is -2.37. The zero-order chi connectivity index (χ0) is 12.3. The Morgan fingerprint density at radius 3 is 2.82 bits per heavy atom. The third-order valence-corrected chi connectivity index (χ3v) is 4.07. The average molecular weight is 235 g/mol. The second-order valence-corrected chi connectivity index (χ2v) is 5.51. The Balaban J connectivity index is 1.97. The van der Waals surface area contributed by atoms with Gasteiger partial charge in [-0.3, -0.25) is 0 Å². The standard InChI is InChI=1S/C14H25N3/c1-11-7-5-4-6-8-13(11)16-12(2)14-15-9-10-17(14)3/h9-13,16H,4-8H2,1-3H3. The van der Waals surface area contributed by atoms with Crippen molar-refractivity contribution in [2.45, 2.75) is 58.0 Å². The lowest BCUT2D eigenvalue weighted by atomic mass is 9.96. The third kappa shape index (κ3) is 3.09. The fourth-order valence-corrected chi connectivity index (χ4v) is 2.93. The molecule has 3 unspecified atom stereocenters. The molecule has 1 aromatic rings. The van der Waals surface area contributed by atoms with Gasteiger partial charge < -0.3 is 9.88 Å². The minimum Gasteiger partial charge on any atom is -0.337 e. The van der Waals surface area contributed by atoms with E-state index in [1.54, 1.807) is 0 Å². The van der Waals surface area contributed by atoms with E-state index in [1.807, 2.05) is 12.4 Å². The van der Waals surface area contributed by atoms with Crippen molar-refractivity contribution in [1.82, 2.24) is 14.9 Å². The summed E-state index contributed by atoms with van der Waals surface area (Å²) in [4.78, 5) is 4.43.